The maximum atomic E-state index is 11.7. The zero-order valence-electron chi connectivity index (χ0n) is 8.00. The fourth-order valence-corrected chi connectivity index (χ4v) is 3.51. The molecule has 15 heavy (non-hydrogen) atoms. The number of hydrogen-bond donors (Lipinski definition) is 1. The van der Waals surface area contributed by atoms with E-state index < -0.39 is 0 Å². The van der Waals surface area contributed by atoms with Crippen LogP contribution in [0.5, 0.6) is 0 Å². The second-order valence-electron chi connectivity index (χ2n) is 3.66. The molecule has 0 bridgehead atoms. The van der Waals surface area contributed by atoms with Crippen molar-refractivity contribution in [3.05, 3.63) is 20.8 Å². The summed E-state index contributed by atoms with van der Waals surface area (Å²) >= 11 is 8.40. The topological polar surface area (TPSA) is 29.1 Å². The van der Waals surface area contributed by atoms with Crippen LogP contribution in [0.2, 0.25) is 0 Å². The first kappa shape index (κ1) is 11.6. The molecule has 1 aliphatic carbocycles. The minimum absolute atomic E-state index is 0.0157. The molecule has 0 aliphatic heterocycles. The Bertz CT molecular complexity index is 362. The van der Waals surface area contributed by atoms with Gasteiger partial charge in [-0.05, 0) is 46.1 Å². The van der Waals surface area contributed by atoms with E-state index in [4.69, 9.17) is 0 Å². The highest BCUT2D eigenvalue weighted by Crippen LogP contribution is 2.36. The Kier molecular flexibility index (Phi) is 3.85. The van der Waals surface area contributed by atoms with E-state index in [0.29, 0.717) is 11.4 Å². The van der Waals surface area contributed by atoms with Gasteiger partial charge in [0.2, 0.25) is 0 Å². The lowest BCUT2D eigenvalue weighted by atomic mass is 10.3. The maximum absolute atomic E-state index is 11.7. The van der Waals surface area contributed by atoms with Gasteiger partial charge in [0.05, 0.1) is 0 Å². The van der Waals surface area contributed by atoms with Crippen LogP contribution in [0.15, 0.2) is 15.9 Å². The second-order valence-corrected chi connectivity index (χ2v) is 6.61. The summed E-state index contributed by atoms with van der Waals surface area (Å²) in [5.41, 5.74) is 0. The van der Waals surface area contributed by atoms with Crippen molar-refractivity contribution in [1.82, 2.24) is 5.32 Å². The van der Waals surface area contributed by atoms with Crippen LogP contribution in [0.1, 0.15) is 22.5 Å². The molecule has 82 valence electrons. The molecule has 1 aromatic heterocycles. The average Bonchev–Trinajstić information content (AvgIpc) is 2.98. The van der Waals surface area contributed by atoms with Crippen LogP contribution >= 0.6 is 43.2 Å². The number of thiophene rings is 1. The molecule has 1 aromatic rings. The van der Waals surface area contributed by atoms with E-state index in [9.17, 15) is 4.79 Å². The summed E-state index contributed by atoms with van der Waals surface area (Å²) in [6, 6.07) is 1.89. The van der Waals surface area contributed by atoms with Gasteiger partial charge in [0, 0.05) is 15.8 Å². The van der Waals surface area contributed by atoms with Crippen LogP contribution in [-0.2, 0) is 0 Å². The van der Waals surface area contributed by atoms with E-state index in [0.717, 1.165) is 15.3 Å². The van der Waals surface area contributed by atoms with Crippen molar-refractivity contribution in [2.24, 2.45) is 5.92 Å². The van der Waals surface area contributed by atoms with Crippen molar-refractivity contribution in [2.45, 2.75) is 17.7 Å². The summed E-state index contributed by atoms with van der Waals surface area (Å²) in [5, 5.41) is 4.85. The maximum Gasteiger partial charge on any atom is 0.262 e. The molecule has 1 amide bonds. The van der Waals surface area contributed by atoms with Crippen molar-refractivity contribution in [3.8, 4) is 0 Å². The third-order valence-electron chi connectivity index (χ3n) is 2.41. The largest absolute Gasteiger partial charge is 0.350 e. The van der Waals surface area contributed by atoms with Crippen LogP contribution in [0.25, 0.3) is 0 Å². The summed E-state index contributed by atoms with van der Waals surface area (Å²) in [5.74, 6) is 0.777. The van der Waals surface area contributed by atoms with Crippen LogP contribution in [-0.4, -0.2) is 17.3 Å². The molecular weight excluding hydrogens is 342 g/mol. The molecule has 0 spiro atoms. The predicted molar refractivity (Wildman–Crippen MR) is 69.8 cm³/mol. The number of rotatable bonds is 4. The van der Waals surface area contributed by atoms with E-state index in [2.05, 4.69) is 37.2 Å². The summed E-state index contributed by atoms with van der Waals surface area (Å²) in [6.07, 6.45) is 2.57. The van der Waals surface area contributed by atoms with Gasteiger partial charge in [-0.2, -0.15) is 0 Å². The molecule has 5 heteroatoms. The number of hydrogen-bond acceptors (Lipinski definition) is 2. The van der Waals surface area contributed by atoms with Crippen LogP contribution in [0, 0.1) is 5.92 Å². The standard InChI is InChI=1S/C10H11Br2NOS/c11-7-3-4-15-9(7)10(14)13-5-8(12)6-1-2-6/h3-4,6,8H,1-2,5H2,(H,13,14). The van der Waals surface area contributed by atoms with Gasteiger partial charge in [0.1, 0.15) is 4.88 Å². The Morgan fingerprint density at radius 2 is 2.40 bits per heavy atom. The Morgan fingerprint density at radius 3 is 2.93 bits per heavy atom. The quantitative estimate of drug-likeness (QED) is 0.826. The van der Waals surface area contributed by atoms with Crippen molar-refractivity contribution in [3.63, 3.8) is 0 Å². The van der Waals surface area contributed by atoms with Crippen molar-refractivity contribution < 1.29 is 4.79 Å². The average molecular weight is 353 g/mol. The smallest absolute Gasteiger partial charge is 0.262 e. The molecule has 1 fully saturated rings. The second kappa shape index (κ2) is 4.97. The molecule has 2 nitrogen and oxygen atoms in total. The molecule has 0 aromatic carbocycles. The van der Waals surface area contributed by atoms with Gasteiger partial charge in [-0.3, -0.25) is 4.79 Å². The first-order valence-corrected chi connectivity index (χ1v) is 7.42. The van der Waals surface area contributed by atoms with Gasteiger partial charge in [0.15, 0.2) is 0 Å². The van der Waals surface area contributed by atoms with Crippen molar-refractivity contribution in [1.29, 1.82) is 0 Å². The lowest BCUT2D eigenvalue weighted by molar-refractivity contribution is 0.0957. The molecular formula is C10H11Br2NOS. The van der Waals surface area contributed by atoms with E-state index in [1.807, 2.05) is 11.4 Å². The number of halogens is 2. The SMILES string of the molecule is O=C(NCC(Br)C1CC1)c1sccc1Br. The molecule has 0 saturated heterocycles. The van der Waals surface area contributed by atoms with Gasteiger partial charge in [-0.1, -0.05) is 15.9 Å². The van der Waals surface area contributed by atoms with Gasteiger partial charge in [0.25, 0.3) is 5.91 Å². The van der Waals surface area contributed by atoms with Gasteiger partial charge >= 0.3 is 0 Å². The molecule has 1 unspecified atom stereocenters. The minimum Gasteiger partial charge on any atom is -0.350 e. The predicted octanol–water partition coefficient (Wildman–Crippen LogP) is 3.41. The monoisotopic (exact) mass is 351 g/mol. The lowest BCUT2D eigenvalue weighted by Gasteiger charge is -2.09. The number of amides is 1. The minimum atomic E-state index is 0.0157. The van der Waals surface area contributed by atoms with Gasteiger partial charge < -0.3 is 5.32 Å². The Morgan fingerprint density at radius 1 is 1.67 bits per heavy atom. The van der Waals surface area contributed by atoms with Crippen LogP contribution < -0.4 is 5.32 Å². The number of carbonyl (C=O) groups is 1. The molecule has 2 rings (SSSR count). The van der Waals surface area contributed by atoms with Crippen LogP contribution in [0.3, 0.4) is 0 Å². The van der Waals surface area contributed by atoms with Crippen LogP contribution in [0.4, 0.5) is 0 Å². The van der Waals surface area contributed by atoms with Gasteiger partial charge in [-0.25, -0.2) is 0 Å². The Balaban J connectivity index is 1.84. The number of alkyl halides is 1. The third kappa shape index (κ3) is 3.04. The van der Waals surface area contributed by atoms with E-state index in [1.165, 1.54) is 24.2 Å². The Hall–Kier alpha value is 0.130. The third-order valence-corrected chi connectivity index (χ3v) is 5.32. The molecule has 1 saturated carbocycles. The van der Waals surface area contributed by atoms with Gasteiger partial charge in [-0.15, -0.1) is 11.3 Å². The van der Waals surface area contributed by atoms with E-state index >= 15 is 0 Å². The zero-order chi connectivity index (χ0) is 10.8. The molecule has 1 atom stereocenters. The summed E-state index contributed by atoms with van der Waals surface area (Å²) in [7, 11) is 0. The molecule has 1 aliphatic rings. The highest BCUT2D eigenvalue weighted by Gasteiger charge is 2.29. The fraction of sp³-hybridized carbons (Fsp3) is 0.500. The first-order chi connectivity index (χ1) is 7.18. The number of carbonyl (C=O) groups excluding carboxylic acids is 1. The fourth-order valence-electron chi connectivity index (χ4n) is 1.35. The normalized spacial score (nSPS) is 17.5. The van der Waals surface area contributed by atoms with E-state index in [-0.39, 0.29) is 5.91 Å². The summed E-state index contributed by atoms with van der Waals surface area (Å²) in [6.45, 7) is 0.716. The highest BCUT2D eigenvalue weighted by molar-refractivity contribution is 9.10. The highest BCUT2D eigenvalue weighted by atomic mass is 79.9. The number of nitrogens with one attached hydrogen (secondary N) is 1. The lowest BCUT2D eigenvalue weighted by Crippen LogP contribution is -2.30. The van der Waals surface area contributed by atoms with Crippen molar-refractivity contribution >= 4 is 49.1 Å². The van der Waals surface area contributed by atoms with E-state index in [1.54, 1.807) is 0 Å². The Labute approximate surface area is 110 Å². The zero-order valence-corrected chi connectivity index (χ0v) is 12.0. The molecule has 1 N–H and O–H groups in total. The summed E-state index contributed by atoms with van der Waals surface area (Å²) in [4.78, 5) is 12.9. The molecule has 1 heterocycles. The summed E-state index contributed by atoms with van der Waals surface area (Å²) < 4.78 is 0.877. The van der Waals surface area contributed by atoms with Crippen molar-refractivity contribution in [2.75, 3.05) is 6.54 Å². The molecule has 0 radical (unpaired) electrons. The first-order valence-electron chi connectivity index (χ1n) is 4.83.